The van der Waals surface area contributed by atoms with E-state index >= 15 is 0 Å². The van der Waals surface area contributed by atoms with E-state index in [4.69, 9.17) is 0 Å². The number of unbranched alkanes of at least 4 members (excludes halogenated alkanes) is 3. The van der Waals surface area contributed by atoms with Crippen molar-refractivity contribution in [2.24, 2.45) is 0 Å². The van der Waals surface area contributed by atoms with Crippen molar-refractivity contribution >= 4 is 10.1 Å². The molecular weight excluding hydrogens is 260 g/mol. The maximum atomic E-state index is 10.0. The van der Waals surface area contributed by atoms with Gasteiger partial charge in [0, 0.05) is 5.75 Å². The van der Waals surface area contributed by atoms with Gasteiger partial charge >= 0.3 is 22.4 Å². The smallest absolute Gasteiger partial charge is 0.748 e. The van der Waals surface area contributed by atoms with Crippen LogP contribution in [0.3, 0.4) is 0 Å². The first-order valence-corrected chi connectivity index (χ1v) is 5.07. The summed E-state index contributed by atoms with van der Waals surface area (Å²) < 4.78 is 30.1. The summed E-state index contributed by atoms with van der Waals surface area (Å²) in [4.78, 5) is 0. The van der Waals surface area contributed by atoms with E-state index in [-0.39, 0.29) is 28.1 Å². The first-order valence-electron chi connectivity index (χ1n) is 3.50. The van der Waals surface area contributed by atoms with Crippen LogP contribution in [0.2, 0.25) is 0 Å². The van der Waals surface area contributed by atoms with Crippen LogP contribution in [0, 0.1) is 0 Å². The Labute approximate surface area is 83.8 Å². The van der Waals surface area contributed by atoms with E-state index < -0.39 is 10.1 Å². The van der Waals surface area contributed by atoms with E-state index in [1.165, 1.54) is 0 Å². The Morgan fingerprint density at radius 3 is 2.09 bits per heavy atom. The third-order valence-corrected chi connectivity index (χ3v) is 2.04. The summed E-state index contributed by atoms with van der Waals surface area (Å²) in [5, 5.41) is 0. The van der Waals surface area contributed by atoms with Crippen molar-refractivity contribution < 1.29 is 35.4 Å². The van der Waals surface area contributed by atoms with Crippen LogP contribution in [-0.4, -0.2) is 18.7 Å². The molecule has 0 amide bonds. The van der Waals surface area contributed by atoms with Gasteiger partial charge in [0.15, 0.2) is 0 Å². The van der Waals surface area contributed by atoms with Gasteiger partial charge in [-0.1, -0.05) is 26.2 Å². The van der Waals surface area contributed by atoms with Crippen molar-refractivity contribution in [3.8, 4) is 0 Å². The van der Waals surface area contributed by atoms with Crippen molar-refractivity contribution in [3.63, 3.8) is 0 Å². The van der Waals surface area contributed by atoms with Crippen molar-refractivity contribution in [1.29, 1.82) is 0 Å². The molecule has 0 saturated heterocycles. The van der Waals surface area contributed by atoms with E-state index in [0.29, 0.717) is 6.42 Å². The summed E-state index contributed by atoms with van der Waals surface area (Å²) in [6.07, 6.45) is 3.42. The van der Waals surface area contributed by atoms with Gasteiger partial charge in [-0.3, -0.25) is 0 Å². The Morgan fingerprint density at radius 1 is 1.18 bits per heavy atom. The second kappa shape index (κ2) is 7.31. The maximum absolute atomic E-state index is 10.0. The zero-order valence-corrected chi connectivity index (χ0v) is 8.77. The van der Waals surface area contributed by atoms with E-state index in [2.05, 4.69) is 0 Å². The Hall–Kier alpha value is 0.650. The maximum Gasteiger partial charge on any atom is 1.00 e. The Kier molecular flexibility index (Phi) is 9.43. The molecule has 0 bridgehead atoms. The number of hydrogen-bond acceptors (Lipinski definition) is 3. The molecule has 0 aliphatic heterocycles. The average Bonchev–Trinajstić information content (AvgIpc) is 1.78. The quantitative estimate of drug-likeness (QED) is 0.428. The molecule has 11 heavy (non-hydrogen) atoms. The van der Waals surface area contributed by atoms with Gasteiger partial charge in [-0.25, -0.2) is 8.42 Å². The topological polar surface area (TPSA) is 57.2 Å². The van der Waals surface area contributed by atoms with Crippen LogP contribution >= 0.6 is 0 Å². The Bertz CT molecular complexity index is 165. The first kappa shape index (κ1) is 14.2. The molecule has 0 aromatic carbocycles. The standard InChI is InChI=1S/C6H14O3S.Ag/c1-2-3-4-5-6-10(7,8)9;/h2-6H2,1H3,(H,7,8,9);/q;+1/p-1. The van der Waals surface area contributed by atoms with Crippen LogP contribution in [0.4, 0.5) is 0 Å². The fraction of sp³-hybridized carbons (Fsp3) is 1.00. The molecule has 0 N–H and O–H groups in total. The number of hydrogen-bond donors (Lipinski definition) is 0. The third-order valence-electron chi connectivity index (χ3n) is 1.25. The van der Waals surface area contributed by atoms with Crippen LogP contribution in [0.25, 0.3) is 0 Å². The molecule has 0 aromatic rings. The molecule has 5 heteroatoms. The predicted molar refractivity (Wildman–Crippen MR) is 38.7 cm³/mol. The van der Waals surface area contributed by atoms with Crippen LogP contribution in [0.15, 0.2) is 0 Å². The molecule has 0 heterocycles. The van der Waals surface area contributed by atoms with Gasteiger partial charge < -0.3 is 4.55 Å². The molecule has 0 aromatic heterocycles. The van der Waals surface area contributed by atoms with Crippen LogP contribution in [0.5, 0.6) is 0 Å². The van der Waals surface area contributed by atoms with Gasteiger partial charge in [0.05, 0.1) is 10.1 Å². The number of rotatable bonds is 5. The minimum Gasteiger partial charge on any atom is -0.748 e. The van der Waals surface area contributed by atoms with Gasteiger partial charge in [0.1, 0.15) is 0 Å². The summed E-state index contributed by atoms with van der Waals surface area (Å²) in [7, 11) is -3.95. The normalized spacial score (nSPS) is 10.7. The van der Waals surface area contributed by atoms with Crippen molar-refractivity contribution in [3.05, 3.63) is 0 Å². The summed E-state index contributed by atoms with van der Waals surface area (Å²) in [6, 6.07) is 0. The fourth-order valence-electron chi connectivity index (χ4n) is 0.706. The monoisotopic (exact) mass is 272 g/mol. The molecule has 0 atom stereocenters. The van der Waals surface area contributed by atoms with Crippen molar-refractivity contribution in [2.45, 2.75) is 32.6 Å². The van der Waals surface area contributed by atoms with Crippen molar-refractivity contribution in [2.75, 3.05) is 5.75 Å². The third kappa shape index (κ3) is 13.6. The Balaban J connectivity index is 0. The zero-order valence-electron chi connectivity index (χ0n) is 6.47. The largest absolute Gasteiger partial charge is 1.00 e. The molecule has 0 spiro atoms. The molecule has 72 valence electrons. The molecular formula is C6H13AgO3S. The Morgan fingerprint density at radius 2 is 1.73 bits per heavy atom. The molecule has 0 aliphatic rings. The fourth-order valence-corrected chi connectivity index (χ4v) is 1.26. The molecule has 0 saturated carbocycles. The van der Waals surface area contributed by atoms with Crippen LogP contribution < -0.4 is 0 Å². The summed E-state index contributed by atoms with van der Waals surface area (Å²) in [5.41, 5.74) is 0. The van der Waals surface area contributed by atoms with Gasteiger partial charge in [0.2, 0.25) is 0 Å². The van der Waals surface area contributed by atoms with Crippen LogP contribution in [0.1, 0.15) is 32.6 Å². The summed E-state index contributed by atoms with van der Waals surface area (Å²) >= 11 is 0. The van der Waals surface area contributed by atoms with Gasteiger partial charge in [-0.15, -0.1) is 0 Å². The van der Waals surface area contributed by atoms with Gasteiger partial charge in [-0.05, 0) is 6.42 Å². The van der Waals surface area contributed by atoms with Gasteiger partial charge in [-0.2, -0.15) is 0 Å². The minimum atomic E-state index is -3.95. The van der Waals surface area contributed by atoms with E-state index in [0.717, 1.165) is 19.3 Å². The van der Waals surface area contributed by atoms with Crippen molar-refractivity contribution in [1.82, 2.24) is 0 Å². The molecule has 0 aliphatic carbocycles. The zero-order chi connectivity index (χ0) is 8.04. The van der Waals surface area contributed by atoms with E-state index in [1.54, 1.807) is 0 Å². The molecule has 0 radical (unpaired) electrons. The molecule has 3 nitrogen and oxygen atoms in total. The summed E-state index contributed by atoms with van der Waals surface area (Å²) in [5.74, 6) is -0.201. The van der Waals surface area contributed by atoms with E-state index in [1.807, 2.05) is 6.92 Å². The first-order chi connectivity index (χ1) is 4.56. The van der Waals surface area contributed by atoms with Gasteiger partial charge in [0.25, 0.3) is 0 Å². The summed E-state index contributed by atoms with van der Waals surface area (Å²) in [6.45, 7) is 2.03. The SMILES string of the molecule is CCCCCCS(=O)(=O)[O-].[Ag+]. The van der Waals surface area contributed by atoms with Crippen LogP contribution in [-0.2, 0) is 32.5 Å². The minimum absolute atomic E-state index is 0. The molecule has 0 unspecified atom stereocenters. The van der Waals surface area contributed by atoms with E-state index in [9.17, 15) is 13.0 Å². The molecule has 0 rings (SSSR count). The second-order valence-electron chi connectivity index (χ2n) is 2.32. The average molecular weight is 273 g/mol. The molecule has 0 fully saturated rings. The second-order valence-corrected chi connectivity index (χ2v) is 3.85. The predicted octanol–water partition coefficient (Wildman–Crippen LogP) is 1.11.